The summed E-state index contributed by atoms with van der Waals surface area (Å²) in [6.07, 6.45) is 4.94. The first-order chi connectivity index (χ1) is 10.2. The molecule has 1 aromatic carbocycles. The molecule has 1 aromatic rings. The second kappa shape index (κ2) is 8.03. The van der Waals surface area contributed by atoms with Crippen molar-refractivity contribution in [3.05, 3.63) is 34.9 Å². The van der Waals surface area contributed by atoms with Crippen LogP contribution >= 0.6 is 11.6 Å². The van der Waals surface area contributed by atoms with Crippen LogP contribution in [-0.4, -0.2) is 36.3 Å². The first kappa shape index (κ1) is 15.8. The lowest BCUT2D eigenvalue weighted by atomic mass is 10.2. The molecule has 0 spiro atoms. The standard InChI is InChI=1S/C16H21ClN2O2/c17-14-7-5-13(6-8-14)16(21)18-10-9-15(20)19-11-3-1-2-4-12-19/h5-8H,1-4,9-12H2,(H,18,21). The molecule has 21 heavy (non-hydrogen) atoms. The van der Waals surface area contributed by atoms with Crippen molar-refractivity contribution in [3.63, 3.8) is 0 Å². The summed E-state index contributed by atoms with van der Waals surface area (Å²) in [7, 11) is 0. The normalized spacial score (nSPS) is 15.4. The van der Waals surface area contributed by atoms with Gasteiger partial charge < -0.3 is 10.2 Å². The van der Waals surface area contributed by atoms with E-state index in [9.17, 15) is 9.59 Å². The van der Waals surface area contributed by atoms with Gasteiger partial charge in [0.05, 0.1) is 0 Å². The van der Waals surface area contributed by atoms with E-state index in [1.807, 2.05) is 4.90 Å². The molecule has 0 atom stereocenters. The van der Waals surface area contributed by atoms with E-state index in [1.54, 1.807) is 24.3 Å². The number of carbonyl (C=O) groups is 2. The summed E-state index contributed by atoms with van der Waals surface area (Å²) in [4.78, 5) is 25.9. The van der Waals surface area contributed by atoms with Crippen molar-refractivity contribution in [2.24, 2.45) is 0 Å². The Morgan fingerprint density at radius 3 is 2.29 bits per heavy atom. The number of likely N-dealkylation sites (tertiary alicyclic amines) is 1. The van der Waals surface area contributed by atoms with E-state index >= 15 is 0 Å². The van der Waals surface area contributed by atoms with Crippen LogP contribution in [0.5, 0.6) is 0 Å². The van der Waals surface area contributed by atoms with Crippen LogP contribution in [0.3, 0.4) is 0 Å². The van der Waals surface area contributed by atoms with Crippen LogP contribution in [0.25, 0.3) is 0 Å². The molecule has 0 saturated carbocycles. The van der Waals surface area contributed by atoms with E-state index in [-0.39, 0.29) is 11.8 Å². The summed E-state index contributed by atoms with van der Waals surface area (Å²) < 4.78 is 0. The number of nitrogens with one attached hydrogen (secondary N) is 1. The Kier molecular flexibility index (Phi) is 6.05. The summed E-state index contributed by atoms with van der Waals surface area (Å²) in [6.45, 7) is 2.07. The third-order valence-corrected chi connectivity index (χ3v) is 3.94. The summed E-state index contributed by atoms with van der Waals surface area (Å²) in [5.74, 6) is -0.0383. The fourth-order valence-corrected chi connectivity index (χ4v) is 2.59. The van der Waals surface area contributed by atoms with Crippen LogP contribution < -0.4 is 5.32 Å². The van der Waals surface area contributed by atoms with Gasteiger partial charge in [-0.25, -0.2) is 0 Å². The van der Waals surface area contributed by atoms with E-state index in [2.05, 4.69) is 5.32 Å². The molecule has 1 fully saturated rings. The van der Waals surface area contributed by atoms with Crippen LogP contribution in [0, 0.1) is 0 Å². The van der Waals surface area contributed by atoms with Gasteiger partial charge in [0.25, 0.3) is 5.91 Å². The highest BCUT2D eigenvalue weighted by Crippen LogP contribution is 2.11. The molecule has 1 aliphatic rings. The number of benzene rings is 1. The number of nitrogens with zero attached hydrogens (tertiary/aromatic N) is 1. The summed E-state index contributed by atoms with van der Waals surface area (Å²) in [5.41, 5.74) is 0.557. The predicted molar refractivity (Wildman–Crippen MR) is 83.5 cm³/mol. The molecule has 0 radical (unpaired) electrons. The van der Waals surface area contributed by atoms with Gasteiger partial charge in [-0.3, -0.25) is 9.59 Å². The molecule has 1 N–H and O–H groups in total. The quantitative estimate of drug-likeness (QED) is 0.930. The zero-order valence-electron chi connectivity index (χ0n) is 12.1. The molecular weight excluding hydrogens is 288 g/mol. The van der Waals surface area contributed by atoms with Crippen LogP contribution in [0.15, 0.2) is 24.3 Å². The van der Waals surface area contributed by atoms with Gasteiger partial charge in [0.15, 0.2) is 0 Å². The average Bonchev–Trinajstić information content (AvgIpc) is 2.77. The Bertz CT molecular complexity index is 480. The van der Waals surface area contributed by atoms with Crippen LogP contribution in [0.1, 0.15) is 42.5 Å². The van der Waals surface area contributed by atoms with E-state index in [1.165, 1.54) is 12.8 Å². The SMILES string of the molecule is O=C(NCCC(=O)N1CCCCCC1)c1ccc(Cl)cc1. The van der Waals surface area contributed by atoms with Gasteiger partial charge in [0.2, 0.25) is 5.91 Å². The van der Waals surface area contributed by atoms with Crippen molar-refractivity contribution < 1.29 is 9.59 Å². The van der Waals surface area contributed by atoms with Crippen LogP contribution in [-0.2, 0) is 4.79 Å². The number of rotatable bonds is 4. The van der Waals surface area contributed by atoms with E-state index in [0.29, 0.717) is 23.6 Å². The van der Waals surface area contributed by atoms with E-state index in [0.717, 1.165) is 25.9 Å². The van der Waals surface area contributed by atoms with Gasteiger partial charge in [-0.05, 0) is 37.1 Å². The highest BCUT2D eigenvalue weighted by atomic mass is 35.5. The number of hydrogen-bond acceptors (Lipinski definition) is 2. The number of carbonyl (C=O) groups excluding carboxylic acids is 2. The van der Waals surface area contributed by atoms with Crippen molar-refractivity contribution in [1.82, 2.24) is 10.2 Å². The second-order valence-electron chi connectivity index (χ2n) is 5.31. The molecule has 4 nitrogen and oxygen atoms in total. The monoisotopic (exact) mass is 308 g/mol. The van der Waals surface area contributed by atoms with Crippen molar-refractivity contribution >= 4 is 23.4 Å². The molecule has 1 saturated heterocycles. The average molecular weight is 309 g/mol. The lowest BCUT2D eigenvalue weighted by molar-refractivity contribution is -0.131. The summed E-state index contributed by atoms with van der Waals surface area (Å²) in [5, 5.41) is 3.37. The molecule has 5 heteroatoms. The Labute approximate surface area is 130 Å². The van der Waals surface area contributed by atoms with Crippen LogP contribution in [0.4, 0.5) is 0 Å². The van der Waals surface area contributed by atoms with Gasteiger partial charge in [0, 0.05) is 36.6 Å². The van der Waals surface area contributed by atoms with Crippen molar-refractivity contribution in [2.45, 2.75) is 32.1 Å². The smallest absolute Gasteiger partial charge is 0.251 e. The fraction of sp³-hybridized carbons (Fsp3) is 0.500. The largest absolute Gasteiger partial charge is 0.352 e. The minimum Gasteiger partial charge on any atom is -0.352 e. The zero-order valence-corrected chi connectivity index (χ0v) is 12.9. The molecule has 114 valence electrons. The Balaban J connectivity index is 1.74. The summed E-state index contributed by atoms with van der Waals surface area (Å²) >= 11 is 5.78. The van der Waals surface area contributed by atoms with Gasteiger partial charge in [-0.1, -0.05) is 24.4 Å². The van der Waals surface area contributed by atoms with Crippen molar-refractivity contribution in [1.29, 1.82) is 0 Å². The first-order valence-corrected chi connectivity index (χ1v) is 7.86. The molecule has 0 bridgehead atoms. The maximum atomic E-state index is 12.1. The maximum absolute atomic E-state index is 12.1. The van der Waals surface area contributed by atoms with Gasteiger partial charge in [-0.2, -0.15) is 0 Å². The molecule has 1 heterocycles. The van der Waals surface area contributed by atoms with Gasteiger partial charge >= 0.3 is 0 Å². The zero-order chi connectivity index (χ0) is 15.1. The number of hydrogen-bond donors (Lipinski definition) is 1. The Morgan fingerprint density at radius 1 is 1.05 bits per heavy atom. The Hall–Kier alpha value is -1.55. The number of halogens is 1. The molecule has 2 rings (SSSR count). The highest BCUT2D eigenvalue weighted by molar-refractivity contribution is 6.30. The summed E-state index contributed by atoms with van der Waals surface area (Å²) in [6, 6.07) is 6.71. The minimum absolute atomic E-state index is 0.133. The Morgan fingerprint density at radius 2 is 1.67 bits per heavy atom. The van der Waals surface area contributed by atoms with Crippen LogP contribution in [0.2, 0.25) is 5.02 Å². The molecular formula is C16H21ClN2O2. The molecule has 2 amide bonds. The number of amides is 2. The molecule has 0 unspecified atom stereocenters. The molecule has 1 aliphatic heterocycles. The topological polar surface area (TPSA) is 49.4 Å². The fourth-order valence-electron chi connectivity index (χ4n) is 2.46. The first-order valence-electron chi connectivity index (χ1n) is 7.48. The third kappa shape index (κ3) is 5.05. The lowest BCUT2D eigenvalue weighted by Gasteiger charge is -2.20. The van der Waals surface area contributed by atoms with Crippen molar-refractivity contribution in [3.8, 4) is 0 Å². The highest BCUT2D eigenvalue weighted by Gasteiger charge is 2.15. The predicted octanol–water partition coefficient (Wildman–Crippen LogP) is 2.86. The lowest BCUT2D eigenvalue weighted by Crippen LogP contribution is -2.35. The molecule has 0 aromatic heterocycles. The van der Waals surface area contributed by atoms with Gasteiger partial charge in [-0.15, -0.1) is 0 Å². The van der Waals surface area contributed by atoms with Gasteiger partial charge in [0.1, 0.15) is 0 Å². The van der Waals surface area contributed by atoms with E-state index in [4.69, 9.17) is 11.6 Å². The van der Waals surface area contributed by atoms with E-state index < -0.39 is 0 Å². The third-order valence-electron chi connectivity index (χ3n) is 3.69. The minimum atomic E-state index is -0.171. The maximum Gasteiger partial charge on any atom is 0.251 e. The molecule has 0 aliphatic carbocycles. The van der Waals surface area contributed by atoms with Crippen molar-refractivity contribution in [2.75, 3.05) is 19.6 Å². The second-order valence-corrected chi connectivity index (χ2v) is 5.74.